The Labute approximate surface area is 84.2 Å². The van der Waals surface area contributed by atoms with Gasteiger partial charge >= 0.3 is 0 Å². The van der Waals surface area contributed by atoms with Crippen LogP contribution in [0.3, 0.4) is 0 Å². The van der Waals surface area contributed by atoms with Crippen LogP contribution in [-0.2, 0) is 5.41 Å². The highest BCUT2D eigenvalue weighted by Crippen LogP contribution is 2.34. The molecule has 1 nitrogen and oxygen atoms in total. The second-order valence-electron chi connectivity index (χ2n) is 4.75. The third kappa shape index (κ3) is 1.79. The van der Waals surface area contributed by atoms with E-state index < -0.39 is 0 Å². The Morgan fingerprint density at radius 1 is 1.38 bits per heavy atom. The van der Waals surface area contributed by atoms with Gasteiger partial charge in [-0.1, -0.05) is 20.8 Å². The largest absolute Gasteiger partial charge is 0.309 e. The maximum absolute atomic E-state index is 3.44. The summed E-state index contributed by atoms with van der Waals surface area (Å²) in [6.07, 6.45) is 1.31. The van der Waals surface area contributed by atoms with Crippen LogP contribution < -0.4 is 5.32 Å². The van der Waals surface area contributed by atoms with Crippen LogP contribution in [0.15, 0.2) is 12.1 Å². The molecule has 1 unspecified atom stereocenters. The van der Waals surface area contributed by atoms with Crippen molar-refractivity contribution in [3.8, 4) is 0 Å². The van der Waals surface area contributed by atoms with Gasteiger partial charge < -0.3 is 5.32 Å². The molecule has 0 aromatic carbocycles. The Morgan fingerprint density at radius 3 is 2.46 bits per heavy atom. The zero-order valence-corrected chi connectivity index (χ0v) is 9.37. The summed E-state index contributed by atoms with van der Waals surface area (Å²) < 4.78 is 0. The molecule has 0 amide bonds. The van der Waals surface area contributed by atoms with Gasteiger partial charge in [0.1, 0.15) is 0 Å². The number of thiophene rings is 1. The minimum atomic E-state index is 0.312. The summed E-state index contributed by atoms with van der Waals surface area (Å²) >= 11 is 1.96. The summed E-state index contributed by atoms with van der Waals surface area (Å²) in [7, 11) is 0. The first-order valence-corrected chi connectivity index (χ1v) is 5.72. The van der Waals surface area contributed by atoms with E-state index >= 15 is 0 Å². The number of nitrogens with one attached hydrogen (secondary N) is 1. The monoisotopic (exact) mass is 195 g/mol. The Kier molecular flexibility index (Phi) is 2.20. The van der Waals surface area contributed by atoms with Gasteiger partial charge in [-0.25, -0.2) is 0 Å². The van der Waals surface area contributed by atoms with Crippen molar-refractivity contribution in [3.63, 3.8) is 0 Å². The standard InChI is InChI=1S/C11H17NS/c1-11(2,3)10-5-4-9(13-10)8-6-7-12-8/h4-5,8,12H,6-7H2,1-3H3. The highest BCUT2D eigenvalue weighted by Gasteiger charge is 2.22. The molecule has 0 bridgehead atoms. The Balaban J connectivity index is 2.17. The van der Waals surface area contributed by atoms with E-state index in [-0.39, 0.29) is 0 Å². The van der Waals surface area contributed by atoms with Crippen molar-refractivity contribution in [2.75, 3.05) is 6.54 Å². The lowest BCUT2D eigenvalue weighted by molar-refractivity contribution is 0.389. The molecule has 1 fully saturated rings. The number of hydrogen-bond donors (Lipinski definition) is 1. The van der Waals surface area contributed by atoms with Gasteiger partial charge in [-0.15, -0.1) is 11.3 Å². The normalized spacial score (nSPS) is 22.8. The molecule has 0 saturated carbocycles. The van der Waals surface area contributed by atoms with Crippen molar-refractivity contribution in [2.45, 2.75) is 38.6 Å². The summed E-state index contributed by atoms with van der Waals surface area (Å²) in [5.74, 6) is 0. The molecule has 72 valence electrons. The molecule has 1 aliphatic heterocycles. The first kappa shape index (κ1) is 9.22. The molecule has 0 spiro atoms. The van der Waals surface area contributed by atoms with E-state index in [0.717, 1.165) is 0 Å². The van der Waals surface area contributed by atoms with Crippen LogP contribution in [0.25, 0.3) is 0 Å². The molecule has 2 heterocycles. The van der Waals surface area contributed by atoms with Crippen LogP contribution in [0, 0.1) is 0 Å². The van der Waals surface area contributed by atoms with Crippen molar-refractivity contribution in [1.82, 2.24) is 5.32 Å². The molecule has 1 atom stereocenters. The molecule has 2 heteroatoms. The maximum Gasteiger partial charge on any atom is 0.0427 e. The average molecular weight is 195 g/mol. The maximum atomic E-state index is 3.44. The van der Waals surface area contributed by atoms with Gasteiger partial charge in [0.15, 0.2) is 0 Å². The van der Waals surface area contributed by atoms with Crippen molar-refractivity contribution in [2.24, 2.45) is 0 Å². The molecule has 1 saturated heterocycles. The molecule has 13 heavy (non-hydrogen) atoms. The van der Waals surface area contributed by atoms with Gasteiger partial charge in [0.2, 0.25) is 0 Å². The second kappa shape index (κ2) is 3.10. The first-order chi connectivity index (χ1) is 6.07. The third-order valence-corrected chi connectivity index (χ3v) is 4.16. The summed E-state index contributed by atoms with van der Waals surface area (Å²) in [5.41, 5.74) is 0.312. The molecule has 1 aliphatic rings. The fraction of sp³-hybridized carbons (Fsp3) is 0.636. The second-order valence-corrected chi connectivity index (χ2v) is 5.86. The number of rotatable bonds is 1. The summed E-state index contributed by atoms with van der Waals surface area (Å²) in [6, 6.07) is 5.21. The van der Waals surface area contributed by atoms with E-state index in [0.29, 0.717) is 11.5 Å². The Bertz CT molecular complexity index is 291. The molecular formula is C11H17NS. The van der Waals surface area contributed by atoms with Crippen molar-refractivity contribution in [3.05, 3.63) is 21.9 Å². The van der Waals surface area contributed by atoms with Crippen LogP contribution in [0.1, 0.15) is 43.0 Å². The van der Waals surface area contributed by atoms with Crippen molar-refractivity contribution < 1.29 is 0 Å². The van der Waals surface area contributed by atoms with Crippen LogP contribution in [0.4, 0.5) is 0 Å². The SMILES string of the molecule is CC(C)(C)c1ccc(C2CCN2)s1. The highest BCUT2D eigenvalue weighted by atomic mass is 32.1. The van der Waals surface area contributed by atoms with Gasteiger partial charge in [-0.2, -0.15) is 0 Å². The van der Waals surface area contributed by atoms with E-state index in [2.05, 4.69) is 38.2 Å². The van der Waals surface area contributed by atoms with E-state index in [9.17, 15) is 0 Å². The molecule has 0 aliphatic carbocycles. The van der Waals surface area contributed by atoms with Gasteiger partial charge in [-0.05, 0) is 30.5 Å². The quantitative estimate of drug-likeness (QED) is 0.726. The zero-order chi connectivity index (χ0) is 9.47. The topological polar surface area (TPSA) is 12.0 Å². The predicted molar refractivity (Wildman–Crippen MR) is 58.4 cm³/mol. The van der Waals surface area contributed by atoms with Gasteiger partial charge in [0, 0.05) is 15.8 Å². The smallest absolute Gasteiger partial charge is 0.0427 e. The van der Waals surface area contributed by atoms with Crippen LogP contribution >= 0.6 is 11.3 Å². The van der Waals surface area contributed by atoms with Crippen molar-refractivity contribution in [1.29, 1.82) is 0 Å². The third-order valence-electron chi connectivity index (χ3n) is 2.53. The van der Waals surface area contributed by atoms with E-state index in [1.54, 1.807) is 0 Å². The Morgan fingerprint density at radius 2 is 2.08 bits per heavy atom. The fourth-order valence-electron chi connectivity index (χ4n) is 1.47. The lowest BCUT2D eigenvalue weighted by Crippen LogP contribution is -2.34. The predicted octanol–water partition coefficient (Wildman–Crippen LogP) is 3.08. The highest BCUT2D eigenvalue weighted by molar-refractivity contribution is 7.12. The molecule has 1 aromatic rings. The summed E-state index contributed by atoms with van der Waals surface area (Å²) in [5, 5.41) is 3.44. The molecule has 0 radical (unpaired) electrons. The van der Waals surface area contributed by atoms with Gasteiger partial charge in [0.25, 0.3) is 0 Å². The van der Waals surface area contributed by atoms with E-state index in [1.807, 2.05) is 11.3 Å². The zero-order valence-electron chi connectivity index (χ0n) is 8.55. The minimum Gasteiger partial charge on any atom is -0.309 e. The Hall–Kier alpha value is -0.340. The molecule has 1 aromatic heterocycles. The molecular weight excluding hydrogens is 178 g/mol. The van der Waals surface area contributed by atoms with E-state index in [1.165, 1.54) is 22.7 Å². The fourth-order valence-corrected chi connectivity index (χ4v) is 2.65. The number of hydrogen-bond acceptors (Lipinski definition) is 2. The average Bonchev–Trinajstić information content (AvgIpc) is 2.29. The van der Waals surface area contributed by atoms with Gasteiger partial charge in [0.05, 0.1) is 0 Å². The summed E-state index contributed by atoms with van der Waals surface area (Å²) in [4.78, 5) is 3.01. The molecule has 1 N–H and O–H groups in total. The van der Waals surface area contributed by atoms with Crippen molar-refractivity contribution >= 4 is 11.3 Å². The molecule has 2 rings (SSSR count). The lowest BCUT2D eigenvalue weighted by Gasteiger charge is -2.26. The van der Waals surface area contributed by atoms with Crippen LogP contribution in [0.5, 0.6) is 0 Å². The van der Waals surface area contributed by atoms with E-state index in [4.69, 9.17) is 0 Å². The lowest BCUT2D eigenvalue weighted by atomic mass is 9.95. The van der Waals surface area contributed by atoms with Crippen LogP contribution in [0.2, 0.25) is 0 Å². The first-order valence-electron chi connectivity index (χ1n) is 4.91. The van der Waals surface area contributed by atoms with Crippen LogP contribution in [-0.4, -0.2) is 6.54 Å². The summed E-state index contributed by atoms with van der Waals surface area (Å²) in [6.45, 7) is 8.01. The van der Waals surface area contributed by atoms with Gasteiger partial charge in [-0.3, -0.25) is 0 Å². The minimum absolute atomic E-state index is 0.312.